The van der Waals surface area contributed by atoms with Gasteiger partial charge < -0.3 is 5.32 Å². The lowest BCUT2D eigenvalue weighted by Gasteiger charge is -2.21. The largest absolute Gasteiger partial charge is 0.350 e. The third-order valence-electron chi connectivity index (χ3n) is 2.59. The number of thiophene rings is 1. The number of nitrogens with one attached hydrogen (secondary N) is 1. The summed E-state index contributed by atoms with van der Waals surface area (Å²) in [7, 11) is 0. The van der Waals surface area contributed by atoms with Crippen LogP contribution in [0.3, 0.4) is 0 Å². The van der Waals surface area contributed by atoms with E-state index in [-0.39, 0.29) is 5.91 Å². The molecule has 0 saturated carbocycles. The van der Waals surface area contributed by atoms with Crippen LogP contribution in [0.1, 0.15) is 28.9 Å². The van der Waals surface area contributed by atoms with E-state index < -0.39 is 0 Å². The van der Waals surface area contributed by atoms with Gasteiger partial charge in [0.25, 0.3) is 5.91 Å². The van der Waals surface area contributed by atoms with E-state index in [1.807, 2.05) is 23.2 Å². The first-order chi connectivity index (χ1) is 7.77. The Labute approximate surface area is 112 Å². The van der Waals surface area contributed by atoms with Crippen LogP contribution in [0, 0.1) is 0 Å². The summed E-state index contributed by atoms with van der Waals surface area (Å²) >= 11 is 6.84. The number of thioether (sulfide) groups is 1. The molecule has 1 atom stereocenters. The molecule has 1 aromatic heterocycles. The van der Waals surface area contributed by atoms with Gasteiger partial charge in [0, 0.05) is 16.3 Å². The molecular formula is C11H14BrNOS2. The molecule has 0 spiro atoms. The van der Waals surface area contributed by atoms with Gasteiger partial charge >= 0.3 is 0 Å². The van der Waals surface area contributed by atoms with Gasteiger partial charge in [0.1, 0.15) is 4.88 Å². The van der Waals surface area contributed by atoms with Crippen molar-refractivity contribution in [2.75, 3.05) is 12.3 Å². The second-order valence-corrected chi connectivity index (χ2v) is 6.97. The highest BCUT2D eigenvalue weighted by Crippen LogP contribution is 2.25. The Morgan fingerprint density at radius 3 is 3.06 bits per heavy atom. The van der Waals surface area contributed by atoms with Crippen molar-refractivity contribution in [3.05, 3.63) is 20.8 Å². The molecule has 1 N–H and O–H groups in total. The fourth-order valence-corrected chi connectivity index (χ4v) is 4.42. The fourth-order valence-electron chi connectivity index (χ4n) is 1.71. The van der Waals surface area contributed by atoms with Crippen molar-refractivity contribution in [1.82, 2.24) is 5.32 Å². The summed E-state index contributed by atoms with van der Waals surface area (Å²) < 4.78 is 0.895. The Hall–Kier alpha value is -0.000000000000000111. The van der Waals surface area contributed by atoms with Gasteiger partial charge in [-0.3, -0.25) is 4.79 Å². The van der Waals surface area contributed by atoms with Crippen molar-refractivity contribution in [2.45, 2.75) is 24.5 Å². The van der Waals surface area contributed by atoms with Crippen molar-refractivity contribution < 1.29 is 4.79 Å². The van der Waals surface area contributed by atoms with Crippen molar-refractivity contribution in [3.8, 4) is 0 Å². The van der Waals surface area contributed by atoms with Crippen molar-refractivity contribution >= 4 is 44.9 Å². The number of rotatable bonds is 3. The molecule has 1 aliphatic heterocycles. The van der Waals surface area contributed by atoms with Crippen molar-refractivity contribution in [2.24, 2.45) is 0 Å². The predicted octanol–water partition coefficient (Wildman–Crippen LogP) is 3.53. The lowest BCUT2D eigenvalue weighted by Crippen LogP contribution is -2.31. The Morgan fingerprint density at radius 2 is 2.44 bits per heavy atom. The number of hydrogen-bond donors (Lipinski definition) is 1. The summed E-state index contributed by atoms with van der Waals surface area (Å²) in [5, 5.41) is 5.55. The highest BCUT2D eigenvalue weighted by Gasteiger charge is 2.16. The van der Waals surface area contributed by atoms with Gasteiger partial charge in [-0.2, -0.15) is 11.8 Å². The molecule has 2 nitrogen and oxygen atoms in total. The molecule has 1 unspecified atom stereocenters. The number of hydrogen-bond acceptors (Lipinski definition) is 3. The number of carbonyl (C=O) groups excluding carboxylic acids is 1. The standard InChI is InChI=1S/C11H14BrNOS2/c12-9-4-6-16-10(9)11(14)13-7-8-3-1-2-5-15-8/h4,6,8H,1-3,5,7H2,(H,13,14). The fraction of sp³-hybridized carbons (Fsp3) is 0.545. The molecule has 1 aliphatic rings. The molecule has 0 radical (unpaired) electrons. The van der Waals surface area contributed by atoms with E-state index in [2.05, 4.69) is 21.2 Å². The minimum absolute atomic E-state index is 0.0491. The molecule has 2 rings (SSSR count). The molecular weight excluding hydrogens is 306 g/mol. The van der Waals surface area contributed by atoms with Crippen LogP contribution in [0.2, 0.25) is 0 Å². The number of halogens is 1. The molecule has 88 valence electrons. The topological polar surface area (TPSA) is 29.1 Å². The van der Waals surface area contributed by atoms with Gasteiger partial charge in [0.05, 0.1) is 0 Å². The Balaban J connectivity index is 1.81. The molecule has 16 heavy (non-hydrogen) atoms. The van der Waals surface area contributed by atoms with Crippen molar-refractivity contribution in [3.63, 3.8) is 0 Å². The van der Waals surface area contributed by atoms with Crippen LogP contribution in [0.5, 0.6) is 0 Å². The zero-order chi connectivity index (χ0) is 11.4. The summed E-state index contributed by atoms with van der Waals surface area (Å²) in [5.74, 6) is 1.29. The van der Waals surface area contributed by atoms with E-state index in [0.717, 1.165) is 15.9 Å². The monoisotopic (exact) mass is 319 g/mol. The van der Waals surface area contributed by atoms with Gasteiger partial charge in [-0.25, -0.2) is 0 Å². The second-order valence-electron chi connectivity index (χ2n) is 3.80. The Kier molecular flexibility index (Phi) is 4.73. The van der Waals surface area contributed by atoms with Gasteiger partial charge in [0.2, 0.25) is 0 Å². The van der Waals surface area contributed by atoms with Crippen molar-refractivity contribution in [1.29, 1.82) is 0 Å². The smallest absolute Gasteiger partial charge is 0.262 e. The summed E-state index contributed by atoms with van der Waals surface area (Å²) in [6.07, 6.45) is 3.86. The van der Waals surface area contributed by atoms with E-state index in [9.17, 15) is 4.79 Å². The molecule has 2 heterocycles. The zero-order valence-electron chi connectivity index (χ0n) is 8.87. The van der Waals surface area contributed by atoms with E-state index >= 15 is 0 Å². The maximum atomic E-state index is 11.8. The second kappa shape index (κ2) is 6.07. The van der Waals surface area contributed by atoms with E-state index in [0.29, 0.717) is 5.25 Å². The van der Waals surface area contributed by atoms with E-state index in [1.165, 1.54) is 36.4 Å². The quantitative estimate of drug-likeness (QED) is 0.923. The molecule has 0 bridgehead atoms. The highest BCUT2D eigenvalue weighted by molar-refractivity contribution is 9.10. The van der Waals surface area contributed by atoms with Gasteiger partial charge in [-0.15, -0.1) is 11.3 Å². The maximum Gasteiger partial charge on any atom is 0.262 e. The van der Waals surface area contributed by atoms with Crippen LogP contribution in [-0.2, 0) is 0 Å². The maximum absolute atomic E-state index is 11.8. The minimum Gasteiger partial charge on any atom is -0.350 e. The third kappa shape index (κ3) is 3.25. The van der Waals surface area contributed by atoms with Crippen LogP contribution in [-0.4, -0.2) is 23.5 Å². The van der Waals surface area contributed by atoms with Gasteiger partial charge in [0.15, 0.2) is 0 Å². The predicted molar refractivity (Wildman–Crippen MR) is 74.4 cm³/mol. The summed E-state index contributed by atoms with van der Waals surface area (Å²) in [6.45, 7) is 0.799. The average molecular weight is 320 g/mol. The lowest BCUT2D eigenvalue weighted by molar-refractivity contribution is 0.0957. The van der Waals surface area contributed by atoms with E-state index in [4.69, 9.17) is 0 Å². The summed E-state index contributed by atoms with van der Waals surface area (Å²) in [6, 6.07) is 1.91. The Bertz CT molecular complexity index is 361. The molecule has 1 aromatic rings. The first-order valence-electron chi connectivity index (χ1n) is 5.40. The zero-order valence-corrected chi connectivity index (χ0v) is 12.1. The Morgan fingerprint density at radius 1 is 1.56 bits per heavy atom. The summed E-state index contributed by atoms with van der Waals surface area (Å²) in [5.41, 5.74) is 0. The SMILES string of the molecule is O=C(NCC1CCCCS1)c1sccc1Br. The lowest BCUT2D eigenvalue weighted by atomic mass is 10.2. The van der Waals surface area contributed by atoms with Crippen LogP contribution >= 0.6 is 39.0 Å². The van der Waals surface area contributed by atoms with Crippen LogP contribution in [0.25, 0.3) is 0 Å². The first-order valence-corrected chi connectivity index (χ1v) is 8.12. The van der Waals surface area contributed by atoms with E-state index in [1.54, 1.807) is 0 Å². The van der Waals surface area contributed by atoms with Gasteiger partial charge in [-0.1, -0.05) is 6.42 Å². The van der Waals surface area contributed by atoms with Crippen LogP contribution < -0.4 is 5.32 Å². The minimum atomic E-state index is 0.0491. The highest BCUT2D eigenvalue weighted by atomic mass is 79.9. The van der Waals surface area contributed by atoms with Crippen LogP contribution in [0.4, 0.5) is 0 Å². The van der Waals surface area contributed by atoms with Gasteiger partial charge in [-0.05, 0) is 46.0 Å². The molecule has 1 saturated heterocycles. The average Bonchev–Trinajstić information content (AvgIpc) is 2.74. The van der Waals surface area contributed by atoms with Crippen LogP contribution in [0.15, 0.2) is 15.9 Å². The normalized spacial score (nSPS) is 20.7. The molecule has 1 amide bonds. The number of carbonyl (C=O) groups is 1. The molecule has 1 fully saturated rings. The third-order valence-corrected chi connectivity index (χ3v) is 5.82. The summed E-state index contributed by atoms with van der Waals surface area (Å²) in [4.78, 5) is 12.6. The first kappa shape index (κ1) is 12.5. The molecule has 0 aliphatic carbocycles. The molecule has 5 heteroatoms. The molecule has 0 aromatic carbocycles. The number of amides is 1.